The highest BCUT2D eigenvalue weighted by Crippen LogP contribution is 2.11. The molecule has 0 N–H and O–H groups in total. The van der Waals surface area contributed by atoms with Gasteiger partial charge in [0.05, 0.1) is 0 Å². The maximum absolute atomic E-state index is 10.8. The molecule has 1 aromatic heterocycles. The molecule has 0 fully saturated rings. The molecular weight excluding hydrogens is 154 g/mol. The summed E-state index contributed by atoms with van der Waals surface area (Å²) in [4.78, 5) is 14.6. The first-order chi connectivity index (χ1) is 5.74. The van der Waals surface area contributed by atoms with E-state index in [-0.39, 0.29) is 0 Å². The molecule has 0 atom stereocenters. The van der Waals surface area contributed by atoms with Crippen molar-refractivity contribution in [3.8, 4) is 5.88 Å². The molecule has 0 amide bonds. The van der Waals surface area contributed by atoms with E-state index in [0.717, 1.165) is 11.6 Å². The summed E-state index contributed by atoms with van der Waals surface area (Å²) in [6, 6.07) is 3.60. The lowest BCUT2D eigenvalue weighted by atomic mass is 10.3. The summed E-state index contributed by atoms with van der Waals surface area (Å²) in [6.45, 7) is 5.10. The van der Waals surface area contributed by atoms with Crippen LogP contribution in [0.5, 0.6) is 5.88 Å². The fraction of sp³-hybridized carbons (Fsp3) is 0.111. The van der Waals surface area contributed by atoms with Gasteiger partial charge in [-0.05, 0) is 13.0 Å². The van der Waals surface area contributed by atoms with E-state index in [1.807, 2.05) is 13.0 Å². The second-order valence-corrected chi connectivity index (χ2v) is 2.25. The van der Waals surface area contributed by atoms with E-state index >= 15 is 0 Å². The Morgan fingerprint density at radius 3 is 3.08 bits per heavy atom. The van der Waals surface area contributed by atoms with Crippen molar-refractivity contribution in [3.63, 3.8) is 0 Å². The van der Waals surface area contributed by atoms with Crippen molar-refractivity contribution in [2.45, 2.75) is 6.92 Å². The highest BCUT2D eigenvalue weighted by molar-refractivity contribution is 5.83. The molecular formula is C9H9NO2. The lowest BCUT2D eigenvalue weighted by Crippen LogP contribution is -2.05. The van der Waals surface area contributed by atoms with Crippen LogP contribution in [0.4, 0.5) is 0 Å². The van der Waals surface area contributed by atoms with Gasteiger partial charge >= 0.3 is 5.97 Å². The monoisotopic (exact) mass is 163 g/mol. The number of hydrogen-bond acceptors (Lipinski definition) is 3. The molecule has 0 aliphatic heterocycles. The van der Waals surface area contributed by atoms with Crippen molar-refractivity contribution in [2.24, 2.45) is 0 Å². The third-order valence-corrected chi connectivity index (χ3v) is 1.33. The molecule has 0 spiro atoms. The van der Waals surface area contributed by atoms with Crippen LogP contribution in [0.25, 0.3) is 0 Å². The van der Waals surface area contributed by atoms with Crippen molar-refractivity contribution in [1.82, 2.24) is 4.98 Å². The quantitative estimate of drug-likeness (QED) is 0.489. The smallest absolute Gasteiger partial charge is 0.336 e. The SMILES string of the molecule is C=CC(=O)Oc1ncccc1C. The number of carbonyl (C=O) groups is 1. The summed E-state index contributed by atoms with van der Waals surface area (Å²) in [5.74, 6) is -0.154. The second kappa shape index (κ2) is 3.67. The fourth-order valence-corrected chi connectivity index (χ4v) is 0.715. The molecule has 0 saturated carbocycles. The molecule has 3 nitrogen and oxygen atoms in total. The van der Waals surface area contributed by atoms with Gasteiger partial charge in [0.15, 0.2) is 0 Å². The van der Waals surface area contributed by atoms with E-state index in [0.29, 0.717) is 5.88 Å². The van der Waals surface area contributed by atoms with Gasteiger partial charge in [0, 0.05) is 17.8 Å². The van der Waals surface area contributed by atoms with E-state index in [9.17, 15) is 4.79 Å². The van der Waals surface area contributed by atoms with E-state index in [2.05, 4.69) is 11.6 Å². The van der Waals surface area contributed by atoms with Crippen LogP contribution in [-0.4, -0.2) is 11.0 Å². The minimum absolute atomic E-state index is 0.336. The van der Waals surface area contributed by atoms with Gasteiger partial charge in [-0.1, -0.05) is 12.6 Å². The third kappa shape index (κ3) is 1.92. The number of hydrogen-bond donors (Lipinski definition) is 0. The van der Waals surface area contributed by atoms with E-state index in [1.54, 1.807) is 12.3 Å². The van der Waals surface area contributed by atoms with Crippen LogP contribution < -0.4 is 4.74 Å². The van der Waals surface area contributed by atoms with Gasteiger partial charge in [-0.3, -0.25) is 0 Å². The minimum Gasteiger partial charge on any atom is -0.404 e. The molecule has 0 aromatic carbocycles. The molecule has 1 rings (SSSR count). The van der Waals surface area contributed by atoms with E-state index < -0.39 is 5.97 Å². The summed E-state index contributed by atoms with van der Waals surface area (Å²) < 4.78 is 4.83. The van der Waals surface area contributed by atoms with Crippen molar-refractivity contribution >= 4 is 5.97 Å². The number of aromatic nitrogens is 1. The van der Waals surface area contributed by atoms with Crippen LogP contribution in [0.15, 0.2) is 31.0 Å². The molecule has 0 aliphatic rings. The Balaban J connectivity index is 2.82. The molecule has 0 bridgehead atoms. The molecule has 0 unspecified atom stereocenters. The van der Waals surface area contributed by atoms with Gasteiger partial charge in [-0.25, -0.2) is 9.78 Å². The molecule has 0 saturated heterocycles. The molecule has 0 aliphatic carbocycles. The van der Waals surface area contributed by atoms with Gasteiger partial charge in [0.25, 0.3) is 0 Å². The number of aryl methyl sites for hydroxylation is 1. The normalized spacial score (nSPS) is 9.08. The molecule has 0 radical (unpaired) electrons. The van der Waals surface area contributed by atoms with Crippen LogP contribution in [0.3, 0.4) is 0 Å². The number of esters is 1. The van der Waals surface area contributed by atoms with E-state index in [4.69, 9.17) is 4.74 Å². The highest BCUT2D eigenvalue weighted by Gasteiger charge is 2.02. The minimum atomic E-state index is -0.489. The Kier molecular flexibility index (Phi) is 2.58. The Morgan fingerprint density at radius 2 is 2.50 bits per heavy atom. The van der Waals surface area contributed by atoms with Crippen LogP contribution in [-0.2, 0) is 4.79 Å². The zero-order valence-corrected chi connectivity index (χ0v) is 6.78. The first-order valence-electron chi connectivity index (χ1n) is 3.50. The largest absolute Gasteiger partial charge is 0.404 e. The average molecular weight is 163 g/mol. The Hall–Kier alpha value is -1.64. The Labute approximate surface area is 70.7 Å². The predicted octanol–water partition coefficient (Wildman–Crippen LogP) is 1.48. The van der Waals surface area contributed by atoms with Crippen LogP contribution in [0.2, 0.25) is 0 Å². The summed E-state index contributed by atoms with van der Waals surface area (Å²) >= 11 is 0. The maximum Gasteiger partial charge on any atom is 0.336 e. The van der Waals surface area contributed by atoms with Crippen LogP contribution >= 0.6 is 0 Å². The van der Waals surface area contributed by atoms with Crippen molar-refractivity contribution in [1.29, 1.82) is 0 Å². The lowest BCUT2D eigenvalue weighted by Gasteiger charge is -2.01. The zero-order chi connectivity index (χ0) is 8.97. The summed E-state index contributed by atoms with van der Waals surface area (Å²) in [7, 11) is 0. The van der Waals surface area contributed by atoms with Gasteiger partial charge in [0.2, 0.25) is 5.88 Å². The number of rotatable bonds is 2. The first kappa shape index (κ1) is 8.46. The summed E-state index contributed by atoms with van der Waals surface area (Å²) in [6.07, 6.45) is 2.67. The number of ether oxygens (including phenoxy) is 1. The van der Waals surface area contributed by atoms with Gasteiger partial charge in [-0.15, -0.1) is 0 Å². The predicted molar refractivity (Wildman–Crippen MR) is 44.8 cm³/mol. The van der Waals surface area contributed by atoms with Crippen LogP contribution in [0, 0.1) is 6.92 Å². The molecule has 3 heteroatoms. The second-order valence-electron chi connectivity index (χ2n) is 2.25. The summed E-state index contributed by atoms with van der Waals surface area (Å²) in [5.41, 5.74) is 0.827. The number of pyridine rings is 1. The van der Waals surface area contributed by atoms with Crippen LogP contribution in [0.1, 0.15) is 5.56 Å². The topological polar surface area (TPSA) is 39.2 Å². The molecule has 62 valence electrons. The standard InChI is InChI=1S/C9H9NO2/c1-3-8(11)12-9-7(2)5-4-6-10-9/h3-6H,1H2,2H3. The number of nitrogens with zero attached hydrogens (tertiary/aromatic N) is 1. The van der Waals surface area contributed by atoms with Crippen molar-refractivity contribution in [3.05, 3.63) is 36.5 Å². The van der Waals surface area contributed by atoms with Gasteiger partial charge in [0.1, 0.15) is 0 Å². The zero-order valence-electron chi connectivity index (χ0n) is 6.78. The average Bonchev–Trinajstić information content (AvgIpc) is 2.09. The van der Waals surface area contributed by atoms with Gasteiger partial charge in [-0.2, -0.15) is 0 Å². The third-order valence-electron chi connectivity index (χ3n) is 1.33. The number of carbonyl (C=O) groups excluding carboxylic acids is 1. The van der Waals surface area contributed by atoms with Crippen molar-refractivity contribution < 1.29 is 9.53 Å². The highest BCUT2D eigenvalue weighted by atomic mass is 16.5. The molecule has 1 heterocycles. The molecule has 12 heavy (non-hydrogen) atoms. The Bertz CT molecular complexity index is 307. The first-order valence-corrected chi connectivity index (χ1v) is 3.50. The van der Waals surface area contributed by atoms with E-state index in [1.165, 1.54) is 0 Å². The lowest BCUT2D eigenvalue weighted by molar-refractivity contribution is -0.129. The molecule has 1 aromatic rings. The van der Waals surface area contributed by atoms with Crippen molar-refractivity contribution in [2.75, 3.05) is 0 Å². The van der Waals surface area contributed by atoms with Gasteiger partial charge < -0.3 is 4.74 Å². The summed E-state index contributed by atoms with van der Waals surface area (Å²) in [5, 5.41) is 0. The maximum atomic E-state index is 10.8. The fourth-order valence-electron chi connectivity index (χ4n) is 0.715. The Morgan fingerprint density at radius 1 is 1.75 bits per heavy atom.